The van der Waals surface area contributed by atoms with E-state index in [-0.39, 0.29) is 0 Å². The molecular formula is C13H16N2S. The predicted molar refractivity (Wildman–Crippen MR) is 69.9 cm³/mol. The highest BCUT2D eigenvalue weighted by Crippen LogP contribution is 2.26. The van der Waals surface area contributed by atoms with Gasteiger partial charge in [-0.25, -0.2) is 0 Å². The van der Waals surface area contributed by atoms with Crippen molar-refractivity contribution < 1.29 is 0 Å². The van der Waals surface area contributed by atoms with Crippen LogP contribution in [0.2, 0.25) is 0 Å². The fraction of sp³-hybridized carbons (Fsp3) is 0.308. The van der Waals surface area contributed by atoms with Gasteiger partial charge in [0.05, 0.1) is 17.4 Å². The summed E-state index contributed by atoms with van der Waals surface area (Å²) in [6.45, 7) is 4.23. The number of nitrogens with zero attached hydrogens (tertiary/aromatic N) is 1. The van der Waals surface area contributed by atoms with E-state index < -0.39 is 0 Å². The van der Waals surface area contributed by atoms with Crippen LogP contribution in [0.4, 0.5) is 5.69 Å². The van der Waals surface area contributed by atoms with Crippen molar-refractivity contribution in [1.82, 2.24) is 4.98 Å². The molecule has 0 saturated heterocycles. The highest BCUT2D eigenvalue weighted by molar-refractivity contribution is 7.10. The van der Waals surface area contributed by atoms with E-state index in [0.29, 0.717) is 6.04 Å². The van der Waals surface area contributed by atoms with Crippen molar-refractivity contribution in [2.75, 3.05) is 5.32 Å². The second-order valence-electron chi connectivity index (χ2n) is 3.76. The molecule has 1 atom stereocenters. The van der Waals surface area contributed by atoms with E-state index in [1.807, 2.05) is 19.2 Å². The maximum Gasteiger partial charge on any atom is 0.0604 e. The Bertz CT molecular complexity index is 437. The molecule has 1 unspecified atom stereocenters. The topological polar surface area (TPSA) is 24.9 Å². The van der Waals surface area contributed by atoms with Crippen molar-refractivity contribution in [2.24, 2.45) is 0 Å². The fourth-order valence-corrected chi connectivity index (χ4v) is 2.55. The third-order valence-corrected chi connectivity index (χ3v) is 3.62. The lowest BCUT2D eigenvalue weighted by atomic mass is 10.1. The molecule has 0 aromatic carbocycles. The lowest BCUT2D eigenvalue weighted by Crippen LogP contribution is -2.09. The van der Waals surface area contributed by atoms with Gasteiger partial charge in [0.1, 0.15) is 0 Å². The van der Waals surface area contributed by atoms with Gasteiger partial charge in [-0.2, -0.15) is 0 Å². The largest absolute Gasteiger partial charge is 0.376 e. The summed E-state index contributed by atoms with van der Waals surface area (Å²) in [6.07, 6.45) is 2.90. The molecule has 2 aromatic heterocycles. The maximum atomic E-state index is 4.29. The van der Waals surface area contributed by atoms with Crippen LogP contribution in [0.3, 0.4) is 0 Å². The number of hydrogen-bond donors (Lipinski definition) is 1. The summed E-state index contributed by atoms with van der Waals surface area (Å²) in [5, 5.41) is 5.67. The average Bonchev–Trinajstić information content (AvgIpc) is 2.81. The second kappa shape index (κ2) is 5.12. The summed E-state index contributed by atoms with van der Waals surface area (Å²) in [6, 6.07) is 8.72. The Morgan fingerprint density at radius 3 is 2.88 bits per heavy atom. The molecule has 0 aliphatic heterocycles. The zero-order valence-electron chi connectivity index (χ0n) is 9.60. The standard InChI is InChI=1S/C13H16N2S/c1-3-11(13-7-5-9-16-13)15-12-6-4-8-14-10(12)2/h4-9,11,15H,3H2,1-2H3. The summed E-state index contributed by atoms with van der Waals surface area (Å²) < 4.78 is 0. The van der Waals surface area contributed by atoms with Gasteiger partial charge in [-0.05, 0) is 36.9 Å². The van der Waals surface area contributed by atoms with Crippen LogP contribution < -0.4 is 5.32 Å². The molecule has 0 saturated carbocycles. The van der Waals surface area contributed by atoms with Gasteiger partial charge in [0.15, 0.2) is 0 Å². The molecule has 2 rings (SSSR count). The zero-order valence-corrected chi connectivity index (χ0v) is 10.4. The van der Waals surface area contributed by atoms with Crippen molar-refractivity contribution in [3.8, 4) is 0 Å². The average molecular weight is 232 g/mol. The van der Waals surface area contributed by atoms with Gasteiger partial charge in [0.25, 0.3) is 0 Å². The number of nitrogens with one attached hydrogen (secondary N) is 1. The van der Waals surface area contributed by atoms with Gasteiger partial charge in [0, 0.05) is 11.1 Å². The van der Waals surface area contributed by atoms with E-state index >= 15 is 0 Å². The van der Waals surface area contributed by atoms with E-state index in [9.17, 15) is 0 Å². The fourth-order valence-electron chi connectivity index (χ4n) is 1.69. The second-order valence-corrected chi connectivity index (χ2v) is 4.74. The molecule has 84 valence electrons. The normalized spacial score (nSPS) is 12.4. The van der Waals surface area contributed by atoms with Crippen LogP contribution in [0.5, 0.6) is 0 Å². The molecule has 0 amide bonds. The summed E-state index contributed by atoms with van der Waals surface area (Å²) in [4.78, 5) is 5.67. The molecule has 0 bridgehead atoms. The molecule has 0 spiro atoms. The van der Waals surface area contributed by atoms with Gasteiger partial charge in [0.2, 0.25) is 0 Å². The molecule has 1 N–H and O–H groups in total. The number of pyridine rings is 1. The van der Waals surface area contributed by atoms with Crippen LogP contribution in [0.15, 0.2) is 35.8 Å². The van der Waals surface area contributed by atoms with E-state index in [0.717, 1.165) is 17.8 Å². The van der Waals surface area contributed by atoms with Gasteiger partial charge < -0.3 is 5.32 Å². The minimum atomic E-state index is 0.392. The minimum absolute atomic E-state index is 0.392. The Morgan fingerprint density at radius 1 is 1.38 bits per heavy atom. The van der Waals surface area contributed by atoms with Gasteiger partial charge in [-0.3, -0.25) is 4.98 Å². The number of hydrogen-bond acceptors (Lipinski definition) is 3. The summed E-state index contributed by atoms with van der Waals surface area (Å²) in [7, 11) is 0. The van der Waals surface area contributed by atoms with E-state index in [1.165, 1.54) is 4.88 Å². The number of aryl methyl sites for hydroxylation is 1. The minimum Gasteiger partial charge on any atom is -0.376 e. The third-order valence-electron chi connectivity index (χ3n) is 2.63. The number of rotatable bonds is 4. The zero-order chi connectivity index (χ0) is 11.4. The molecule has 16 heavy (non-hydrogen) atoms. The highest BCUT2D eigenvalue weighted by Gasteiger charge is 2.10. The Hall–Kier alpha value is -1.35. The molecule has 2 aromatic rings. The van der Waals surface area contributed by atoms with Crippen molar-refractivity contribution in [3.05, 3.63) is 46.4 Å². The molecule has 3 heteroatoms. The van der Waals surface area contributed by atoms with Crippen LogP contribution in [-0.2, 0) is 0 Å². The lowest BCUT2D eigenvalue weighted by Gasteiger charge is -2.17. The summed E-state index contributed by atoms with van der Waals surface area (Å²) >= 11 is 1.80. The summed E-state index contributed by atoms with van der Waals surface area (Å²) in [5.41, 5.74) is 2.18. The van der Waals surface area contributed by atoms with Gasteiger partial charge in [-0.15, -0.1) is 11.3 Å². The van der Waals surface area contributed by atoms with Crippen molar-refractivity contribution in [3.63, 3.8) is 0 Å². The highest BCUT2D eigenvalue weighted by atomic mass is 32.1. The Labute approximate surface area is 100 Å². The summed E-state index contributed by atoms with van der Waals surface area (Å²) in [5.74, 6) is 0. The Morgan fingerprint density at radius 2 is 2.25 bits per heavy atom. The Balaban J connectivity index is 2.17. The van der Waals surface area contributed by atoms with E-state index in [1.54, 1.807) is 11.3 Å². The molecule has 2 nitrogen and oxygen atoms in total. The van der Waals surface area contributed by atoms with Crippen LogP contribution >= 0.6 is 11.3 Å². The quantitative estimate of drug-likeness (QED) is 0.861. The van der Waals surface area contributed by atoms with Crippen molar-refractivity contribution >= 4 is 17.0 Å². The lowest BCUT2D eigenvalue weighted by molar-refractivity contribution is 0.761. The monoisotopic (exact) mass is 232 g/mol. The first kappa shape index (κ1) is 11.1. The first-order chi connectivity index (χ1) is 7.81. The van der Waals surface area contributed by atoms with E-state index in [2.05, 4.69) is 40.8 Å². The SMILES string of the molecule is CCC(Nc1cccnc1C)c1cccs1. The third kappa shape index (κ3) is 2.42. The van der Waals surface area contributed by atoms with Gasteiger partial charge in [-0.1, -0.05) is 13.0 Å². The van der Waals surface area contributed by atoms with Crippen LogP contribution in [0.1, 0.15) is 30.0 Å². The molecule has 0 aliphatic rings. The maximum absolute atomic E-state index is 4.29. The first-order valence-corrected chi connectivity index (χ1v) is 6.40. The van der Waals surface area contributed by atoms with Gasteiger partial charge >= 0.3 is 0 Å². The molecule has 0 fully saturated rings. The first-order valence-electron chi connectivity index (χ1n) is 5.53. The van der Waals surface area contributed by atoms with Crippen molar-refractivity contribution in [2.45, 2.75) is 26.3 Å². The van der Waals surface area contributed by atoms with E-state index in [4.69, 9.17) is 0 Å². The Kier molecular flexibility index (Phi) is 3.57. The van der Waals surface area contributed by atoms with Crippen LogP contribution in [-0.4, -0.2) is 4.98 Å². The molecule has 0 radical (unpaired) electrons. The molecule has 2 heterocycles. The van der Waals surface area contributed by atoms with Crippen LogP contribution in [0.25, 0.3) is 0 Å². The van der Waals surface area contributed by atoms with Crippen LogP contribution in [0, 0.1) is 6.92 Å². The number of thiophene rings is 1. The molecule has 0 aliphatic carbocycles. The number of aromatic nitrogens is 1. The van der Waals surface area contributed by atoms with Crippen molar-refractivity contribution in [1.29, 1.82) is 0 Å². The predicted octanol–water partition coefficient (Wildman–Crippen LogP) is 4.01. The smallest absolute Gasteiger partial charge is 0.0604 e. The number of anilines is 1. The molecular weight excluding hydrogens is 216 g/mol.